The molecule has 0 radical (unpaired) electrons. The molecule has 22 heavy (non-hydrogen) atoms. The highest BCUT2D eigenvalue weighted by molar-refractivity contribution is 5.93. The van der Waals surface area contributed by atoms with Gasteiger partial charge in [-0.1, -0.05) is 0 Å². The predicted molar refractivity (Wildman–Crippen MR) is 88.8 cm³/mol. The van der Waals surface area contributed by atoms with Crippen LogP contribution in [0.5, 0.6) is 5.75 Å². The fourth-order valence-electron chi connectivity index (χ4n) is 3.06. The van der Waals surface area contributed by atoms with Crippen LogP contribution in [-0.4, -0.2) is 61.4 Å². The fraction of sp³-hybridized carbons (Fsp3) is 0.471. The lowest BCUT2D eigenvalue weighted by atomic mass is 10.1. The van der Waals surface area contributed by atoms with Gasteiger partial charge in [0.1, 0.15) is 5.75 Å². The van der Waals surface area contributed by atoms with Crippen molar-refractivity contribution in [2.24, 2.45) is 0 Å². The standard InChI is InChI=1S/C17H23N3O2/c1-13-11-17(20-7-5-19(6-8-20)9-10-21)15-12-14(22-2)3-4-16(15)18-13/h3-4,11-12,21H,5-10H2,1-2H3. The molecule has 0 aliphatic carbocycles. The van der Waals surface area contributed by atoms with Crippen molar-refractivity contribution >= 4 is 16.6 Å². The lowest BCUT2D eigenvalue weighted by Gasteiger charge is -2.36. The molecule has 118 valence electrons. The Labute approximate surface area is 131 Å². The zero-order valence-electron chi connectivity index (χ0n) is 13.2. The van der Waals surface area contributed by atoms with E-state index in [0.717, 1.165) is 55.1 Å². The second-order valence-electron chi connectivity index (χ2n) is 5.72. The van der Waals surface area contributed by atoms with Gasteiger partial charge in [-0.05, 0) is 31.2 Å². The summed E-state index contributed by atoms with van der Waals surface area (Å²) in [4.78, 5) is 9.33. The van der Waals surface area contributed by atoms with Crippen molar-refractivity contribution in [3.8, 4) is 5.75 Å². The molecular weight excluding hydrogens is 278 g/mol. The van der Waals surface area contributed by atoms with Gasteiger partial charge in [0.25, 0.3) is 0 Å². The number of β-amino-alcohol motifs (C(OH)–C–C–N with tert-alkyl or cyclic N) is 1. The van der Waals surface area contributed by atoms with E-state index in [4.69, 9.17) is 9.84 Å². The summed E-state index contributed by atoms with van der Waals surface area (Å²) in [7, 11) is 1.69. The summed E-state index contributed by atoms with van der Waals surface area (Å²) in [5, 5.41) is 10.2. The van der Waals surface area contributed by atoms with Crippen molar-refractivity contribution in [2.75, 3.05) is 51.3 Å². The molecule has 1 aliphatic heterocycles. The van der Waals surface area contributed by atoms with Crippen molar-refractivity contribution in [3.05, 3.63) is 30.0 Å². The van der Waals surface area contributed by atoms with E-state index in [9.17, 15) is 0 Å². The maximum Gasteiger partial charge on any atom is 0.119 e. The summed E-state index contributed by atoms with van der Waals surface area (Å²) in [5.74, 6) is 0.860. The normalized spacial score (nSPS) is 16.2. The number of aryl methyl sites for hydroxylation is 1. The number of benzene rings is 1. The maximum atomic E-state index is 9.06. The molecule has 1 aromatic carbocycles. The molecule has 0 spiro atoms. The Bertz CT molecular complexity index is 652. The number of aliphatic hydroxyl groups is 1. The van der Waals surface area contributed by atoms with E-state index in [-0.39, 0.29) is 6.61 Å². The number of piperazine rings is 1. The fourth-order valence-corrected chi connectivity index (χ4v) is 3.06. The first-order valence-electron chi connectivity index (χ1n) is 7.75. The lowest BCUT2D eigenvalue weighted by Crippen LogP contribution is -2.47. The third-order valence-electron chi connectivity index (χ3n) is 4.25. The third kappa shape index (κ3) is 3.00. The van der Waals surface area contributed by atoms with Crippen molar-refractivity contribution in [2.45, 2.75) is 6.92 Å². The summed E-state index contributed by atoms with van der Waals surface area (Å²) in [5.41, 5.74) is 3.27. The molecule has 1 N–H and O–H groups in total. The largest absolute Gasteiger partial charge is 0.497 e. The highest BCUT2D eigenvalue weighted by atomic mass is 16.5. The van der Waals surface area contributed by atoms with Crippen LogP contribution in [-0.2, 0) is 0 Å². The van der Waals surface area contributed by atoms with Crippen LogP contribution in [0.1, 0.15) is 5.69 Å². The van der Waals surface area contributed by atoms with Gasteiger partial charge in [0.2, 0.25) is 0 Å². The smallest absolute Gasteiger partial charge is 0.119 e. The van der Waals surface area contributed by atoms with E-state index in [2.05, 4.69) is 26.9 Å². The zero-order chi connectivity index (χ0) is 15.5. The third-order valence-corrected chi connectivity index (χ3v) is 4.25. The minimum absolute atomic E-state index is 0.231. The summed E-state index contributed by atoms with van der Waals surface area (Å²) < 4.78 is 5.36. The van der Waals surface area contributed by atoms with Crippen LogP contribution in [0.4, 0.5) is 5.69 Å². The average Bonchev–Trinajstić information content (AvgIpc) is 2.55. The number of anilines is 1. The van der Waals surface area contributed by atoms with Crippen LogP contribution in [0.15, 0.2) is 24.3 Å². The Morgan fingerprint density at radius 1 is 1.18 bits per heavy atom. The second kappa shape index (κ2) is 6.50. The van der Waals surface area contributed by atoms with Crippen molar-refractivity contribution in [3.63, 3.8) is 0 Å². The number of pyridine rings is 1. The maximum absolute atomic E-state index is 9.06. The monoisotopic (exact) mass is 301 g/mol. The van der Waals surface area contributed by atoms with E-state index in [0.29, 0.717) is 0 Å². The average molecular weight is 301 g/mol. The molecular formula is C17H23N3O2. The van der Waals surface area contributed by atoms with Gasteiger partial charge in [-0.15, -0.1) is 0 Å². The van der Waals surface area contributed by atoms with Gasteiger partial charge < -0.3 is 14.7 Å². The highest BCUT2D eigenvalue weighted by Gasteiger charge is 2.19. The molecule has 0 bridgehead atoms. The van der Waals surface area contributed by atoms with Crippen molar-refractivity contribution in [1.82, 2.24) is 9.88 Å². The van der Waals surface area contributed by atoms with Gasteiger partial charge in [-0.3, -0.25) is 9.88 Å². The number of fused-ring (bicyclic) bond motifs is 1. The van der Waals surface area contributed by atoms with Gasteiger partial charge >= 0.3 is 0 Å². The van der Waals surface area contributed by atoms with E-state index in [1.807, 2.05) is 19.1 Å². The Morgan fingerprint density at radius 2 is 1.95 bits per heavy atom. The van der Waals surface area contributed by atoms with E-state index >= 15 is 0 Å². The molecule has 2 aromatic rings. The molecule has 2 heterocycles. The molecule has 0 unspecified atom stereocenters. The van der Waals surface area contributed by atoms with Crippen molar-refractivity contribution in [1.29, 1.82) is 0 Å². The van der Waals surface area contributed by atoms with Crippen LogP contribution in [0, 0.1) is 6.92 Å². The Kier molecular flexibility index (Phi) is 4.45. The number of aromatic nitrogens is 1. The molecule has 1 aromatic heterocycles. The minimum atomic E-state index is 0.231. The number of ether oxygens (including phenoxy) is 1. The first-order valence-corrected chi connectivity index (χ1v) is 7.75. The van der Waals surface area contributed by atoms with Crippen LogP contribution < -0.4 is 9.64 Å². The molecule has 5 heteroatoms. The van der Waals surface area contributed by atoms with Crippen LogP contribution in [0.2, 0.25) is 0 Å². The van der Waals surface area contributed by atoms with Gasteiger partial charge in [-0.2, -0.15) is 0 Å². The van der Waals surface area contributed by atoms with Gasteiger partial charge in [0.05, 0.1) is 19.2 Å². The highest BCUT2D eigenvalue weighted by Crippen LogP contribution is 2.30. The summed E-state index contributed by atoms with van der Waals surface area (Å²) >= 11 is 0. The minimum Gasteiger partial charge on any atom is -0.497 e. The lowest BCUT2D eigenvalue weighted by molar-refractivity contribution is 0.189. The SMILES string of the molecule is COc1ccc2nc(C)cc(N3CCN(CCO)CC3)c2c1. The topological polar surface area (TPSA) is 48.8 Å². The second-order valence-corrected chi connectivity index (χ2v) is 5.72. The predicted octanol–water partition coefficient (Wildman–Crippen LogP) is 1.67. The summed E-state index contributed by atoms with van der Waals surface area (Å²) in [6.07, 6.45) is 0. The van der Waals surface area contributed by atoms with Gasteiger partial charge in [0.15, 0.2) is 0 Å². The van der Waals surface area contributed by atoms with Gasteiger partial charge in [-0.25, -0.2) is 0 Å². The van der Waals surface area contributed by atoms with Gasteiger partial charge in [0, 0.05) is 49.5 Å². The number of rotatable bonds is 4. The molecule has 0 amide bonds. The number of hydrogen-bond donors (Lipinski definition) is 1. The molecule has 1 aliphatic rings. The first kappa shape index (κ1) is 15.1. The van der Waals surface area contributed by atoms with Crippen LogP contribution in [0.3, 0.4) is 0 Å². The molecule has 0 saturated carbocycles. The molecule has 1 fully saturated rings. The zero-order valence-corrected chi connectivity index (χ0v) is 13.2. The number of hydrogen-bond acceptors (Lipinski definition) is 5. The number of aliphatic hydroxyl groups excluding tert-OH is 1. The molecule has 0 atom stereocenters. The first-order chi connectivity index (χ1) is 10.7. The number of methoxy groups -OCH3 is 1. The van der Waals surface area contributed by atoms with Crippen LogP contribution >= 0.6 is 0 Å². The van der Waals surface area contributed by atoms with Crippen molar-refractivity contribution < 1.29 is 9.84 Å². The Hall–Kier alpha value is -1.85. The Balaban J connectivity index is 1.92. The molecule has 5 nitrogen and oxygen atoms in total. The van der Waals surface area contributed by atoms with Crippen LogP contribution in [0.25, 0.3) is 10.9 Å². The Morgan fingerprint density at radius 3 is 2.64 bits per heavy atom. The molecule has 3 rings (SSSR count). The molecule has 1 saturated heterocycles. The quantitative estimate of drug-likeness (QED) is 0.931. The summed E-state index contributed by atoms with van der Waals surface area (Å²) in [6.45, 7) is 6.92. The van der Waals surface area contributed by atoms with E-state index in [1.165, 1.54) is 5.69 Å². The summed E-state index contributed by atoms with van der Waals surface area (Å²) in [6, 6.07) is 8.20. The number of nitrogens with zero attached hydrogens (tertiary/aromatic N) is 3. The van der Waals surface area contributed by atoms with E-state index in [1.54, 1.807) is 7.11 Å². The van der Waals surface area contributed by atoms with E-state index < -0.39 is 0 Å².